The van der Waals surface area contributed by atoms with Gasteiger partial charge in [-0.3, -0.25) is 4.79 Å². The summed E-state index contributed by atoms with van der Waals surface area (Å²) in [5.74, 6) is 2.06. The lowest BCUT2D eigenvalue weighted by molar-refractivity contribution is -0.119. The molecule has 1 aromatic carbocycles. The summed E-state index contributed by atoms with van der Waals surface area (Å²) in [5.41, 5.74) is 5.68. The average molecular weight is 389 g/mol. The molecule has 3 heterocycles. The molecule has 1 N–H and O–H groups in total. The molecule has 0 spiro atoms. The largest absolute Gasteiger partial charge is 0.322 e. The number of fused-ring (bicyclic) bond motifs is 3. The van der Waals surface area contributed by atoms with Gasteiger partial charge in [0, 0.05) is 24.1 Å². The van der Waals surface area contributed by atoms with Crippen LogP contribution in [0.5, 0.6) is 0 Å². The van der Waals surface area contributed by atoms with Gasteiger partial charge in [0.05, 0.1) is 11.0 Å². The summed E-state index contributed by atoms with van der Waals surface area (Å²) in [5, 5.41) is 3.04. The van der Waals surface area contributed by atoms with Crippen LogP contribution in [0.15, 0.2) is 30.5 Å². The monoisotopic (exact) mass is 388 g/mol. The van der Waals surface area contributed by atoms with Gasteiger partial charge in [-0.15, -0.1) is 0 Å². The van der Waals surface area contributed by atoms with Crippen molar-refractivity contribution in [3.05, 3.63) is 41.9 Å². The molecule has 5 rings (SSSR count). The first kappa shape index (κ1) is 18.3. The van der Waals surface area contributed by atoms with E-state index in [1.807, 2.05) is 12.3 Å². The summed E-state index contributed by atoms with van der Waals surface area (Å²) < 4.78 is 2.39. The van der Waals surface area contributed by atoms with Gasteiger partial charge in [-0.1, -0.05) is 18.9 Å². The Hall–Kier alpha value is -2.69. The Morgan fingerprint density at radius 3 is 2.79 bits per heavy atom. The van der Waals surface area contributed by atoms with Gasteiger partial charge in [0.25, 0.3) is 0 Å². The van der Waals surface area contributed by atoms with Crippen LogP contribution in [-0.2, 0) is 16.8 Å². The highest BCUT2D eigenvalue weighted by atomic mass is 16.1. The molecule has 3 aromatic rings. The predicted octanol–water partition coefficient (Wildman–Crippen LogP) is 5.22. The number of nitrogens with zero attached hydrogens (tertiary/aromatic N) is 3. The zero-order valence-electron chi connectivity index (χ0n) is 17.5. The van der Waals surface area contributed by atoms with Gasteiger partial charge in [0.15, 0.2) is 0 Å². The van der Waals surface area contributed by atoms with Gasteiger partial charge in [-0.25, -0.2) is 9.97 Å². The van der Waals surface area contributed by atoms with Crippen LogP contribution in [0.2, 0.25) is 0 Å². The quantitative estimate of drug-likeness (QED) is 0.669. The number of amides is 1. The van der Waals surface area contributed by atoms with Crippen LogP contribution in [0.4, 0.5) is 5.82 Å². The summed E-state index contributed by atoms with van der Waals surface area (Å²) in [7, 11) is 0. The van der Waals surface area contributed by atoms with Gasteiger partial charge in [-0.2, -0.15) is 0 Å². The second kappa shape index (κ2) is 6.68. The molecule has 1 aliphatic heterocycles. The van der Waals surface area contributed by atoms with Crippen molar-refractivity contribution in [1.29, 1.82) is 0 Å². The highest BCUT2D eigenvalue weighted by molar-refractivity contribution is 5.93. The van der Waals surface area contributed by atoms with E-state index in [9.17, 15) is 4.79 Å². The van der Waals surface area contributed by atoms with E-state index in [-0.39, 0.29) is 17.4 Å². The fourth-order valence-electron chi connectivity index (χ4n) is 4.98. The van der Waals surface area contributed by atoms with E-state index in [1.54, 1.807) is 0 Å². The lowest BCUT2D eigenvalue weighted by Gasteiger charge is -2.22. The third kappa shape index (κ3) is 3.13. The molecular formula is C24H28N4O. The number of aromatic nitrogens is 3. The number of anilines is 1. The molecule has 0 radical (unpaired) electrons. The number of nitrogens with one attached hydrogen (secondary N) is 1. The average Bonchev–Trinajstić information content (AvgIpc) is 3.40. The molecule has 5 heteroatoms. The number of hydrogen-bond acceptors (Lipinski definition) is 3. The van der Waals surface area contributed by atoms with Crippen molar-refractivity contribution in [2.75, 3.05) is 5.32 Å². The lowest BCUT2D eigenvalue weighted by Crippen LogP contribution is -2.21. The summed E-state index contributed by atoms with van der Waals surface area (Å²) in [6, 6.07) is 8.49. The molecule has 1 aliphatic carbocycles. The highest BCUT2D eigenvalue weighted by Gasteiger charge is 2.32. The van der Waals surface area contributed by atoms with Gasteiger partial charge in [-0.05, 0) is 74.9 Å². The summed E-state index contributed by atoms with van der Waals surface area (Å²) in [6.07, 6.45) is 8.29. The van der Waals surface area contributed by atoms with Crippen molar-refractivity contribution in [2.24, 2.45) is 5.92 Å². The second-order valence-corrected chi connectivity index (χ2v) is 9.23. The first-order valence-electron chi connectivity index (χ1n) is 10.7. The Labute approximate surface area is 171 Å². The van der Waals surface area contributed by atoms with E-state index >= 15 is 0 Å². The van der Waals surface area contributed by atoms with Crippen LogP contribution in [0, 0.1) is 12.8 Å². The molecule has 1 amide bonds. The second-order valence-electron chi connectivity index (χ2n) is 9.23. The normalized spacial score (nSPS) is 18.3. The highest BCUT2D eigenvalue weighted by Crippen LogP contribution is 2.37. The van der Waals surface area contributed by atoms with Crippen LogP contribution in [0.1, 0.15) is 57.3 Å². The van der Waals surface area contributed by atoms with Crippen molar-refractivity contribution in [3.63, 3.8) is 0 Å². The molecule has 0 bridgehead atoms. The molecule has 2 aromatic heterocycles. The minimum Gasteiger partial charge on any atom is -0.322 e. The first-order chi connectivity index (χ1) is 13.9. The fourth-order valence-corrected chi connectivity index (χ4v) is 4.98. The standard InChI is InChI=1S/C24H28N4O/c1-15-14-25-21(27-23(29)16-6-4-5-7-16)13-18(15)17-8-9-19-20(12-17)28-22(26-19)10-11-24(28,2)3/h8-9,12-14,16H,4-7,10-11H2,1-3H3,(H,25,27,29). The topological polar surface area (TPSA) is 59.8 Å². The maximum Gasteiger partial charge on any atom is 0.228 e. The Bertz CT molecular complexity index is 1110. The number of carbonyl (C=O) groups is 1. The molecule has 1 saturated carbocycles. The third-order valence-corrected chi connectivity index (χ3v) is 6.68. The molecule has 1 fully saturated rings. The molecule has 150 valence electrons. The van der Waals surface area contributed by atoms with Crippen LogP contribution < -0.4 is 5.32 Å². The number of hydrogen-bond donors (Lipinski definition) is 1. The zero-order chi connectivity index (χ0) is 20.2. The Morgan fingerprint density at radius 2 is 2.00 bits per heavy atom. The number of aryl methyl sites for hydroxylation is 2. The SMILES string of the molecule is Cc1cnc(NC(=O)C2CCCC2)cc1-c1ccc2nc3n(c2c1)C(C)(C)CC3. The van der Waals surface area contributed by atoms with E-state index in [1.165, 1.54) is 11.3 Å². The molecule has 0 saturated heterocycles. The van der Waals surface area contributed by atoms with Gasteiger partial charge < -0.3 is 9.88 Å². The number of carbonyl (C=O) groups excluding carboxylic acids is 1. The van der Waals surface area contributed by atoms with Crippen molar-refractivity contribution in [3.8, 4) is 11.1 Å². The van der Waals surface area contributed by atoms with Crippen LogP contribution in [-0.4, -0.2) is 20.4 Å². The maximum absolute atomic E-state index is 12.5. The Balaban J connectivity index is 1.52. The molecular weight excluding hydrogens is 360 g/mol. The minimum atomic E-state index is 0.0937. The lowest BCUT2D eigenvalue weighted by atomic mass is 9.99. The van der Waals surface area contributed by atoms with Crippen molar-refractivity contribution in [1.82, 2.24) is 14.5 Å². The van der Waals surface area contributed by atoms with E-state index in [0.29, 0.717) is 5.82 Å². The Kier molecular flexibility index (Phi) is 4.23. The molecule has 0 atom stereocenters. The fraction of sp³-hybridized carbons (Fsp3) is 0.458. The predicted molar refractivity (Wildman–Crippen MR) is 116 cm³/mol. The summed E-state index contributed by atoms with van der Waals surface area (Å²) >= 11 is 0. The van der Waals surface area contributed by atoms with Gasteiger partial charge in [0.2, 0.25) is 5.91 Å². The molecule has 29 heavy (non-hydrogen) atoms. The van der Waals surface area contributed by atoms with Gasteiger partial charge >= 0.3 is 0 Å². The third-order valence-electron chi connectivity index (χ3n) is 6.68. The van der Waals surface area contributed by atoms with E-state index in [4.69, 9.17) is 4.98 Å². The van der Waals surface area contributed by atoms with Crippen molar-refractivity contribution < 1.29 is 4.79 Å². The van der Waals surface area contributed by atoms with Crippen molar-refractivity contribution in [2.45, 2.75) is 64.8 Å². The summed E-state index contributed by atoms with van der Waals surface area (Å²) in [6.45, 7) is 6.64. The number of benzene rings is 1. The maximum atomic E-state index is 12.5. The van der Waals surface area contributed by atoms with Crippen LogP contribution >= 0.6 is 0 Å². The number of rotatable bonds is 3. The minimum absolute atomic E-state index is 0.0937. The smallest absolute Gasteiger partial charge is 0.228 e. The number of pyridine rings is 1. The van der Waals surface area contributed by atoms with E-state index < -0.39 is 0 Å². The zero-order valence-corrected chi connectivity index (χ0v) is 17.5. The van der Waals surface area contributed by atoms with Crippen LogP contribution in [0.3, 0.4) is 0 Å². The number of imidazole rings is 1. The first-order valence-corrected chi connectivity index (χ1v) is 10.7. The van der Waals surface area contributed by atoms with E-state index in [2.05, 4.69) is 53.8 Å². The summed E-state index contributed by atoms with van der Waals surface area (Å²) in [4.78, 5) is 21.8. The van der Waals surface area contributed by atoms with E-state index in [0.717, 1.165) is 60.7 Å². The molecule has 2 aliphatic rings. The van der Waals surface area contributed by atoms with Crippen molar-refractivity contribution >= 4 is 22.8 Å². The molecule has 5 nitrogen and oxygen atoms in total. The Morgan fingerprint density at radius 1 is 1.21 bits per heavy atom. The van der Waals surface area contributed by atoms with Crippen LogP contribution in [0.25, 0.3) is 22.2 Å². The molecule has 0 unspecified atom stereocenters. The van der Waals surface area contributed by atoms with Gasteiger partial charge in [0.1, 0.15) is 11.6 Å².